The molecule has 0 heterocycles. The number of hydrogen-bond donors (Lipinski definition) is 1. The van der Waals surface area contributed by atoms with Gasteiger partial charge in [-0.15, -0.1) is 0 Å². The Bertz CT molecular complexity index is 515. The summed E-state index contributed by atoms with van der Waals surface area (Å²) in [7, 11) is 0. The summed E-state index contributed by atoms with van der Waals surface area (Å²) in [5.41, 5.74) is 3.73. The van der Waals surface area contributed by atoms with E-state index in [2.05, 4.69) is 15.9 Å². The van der Waals surface area contributed by atoms with Crippen molar-refractivity contribution in [2.24, 2.45) is 0 Å². The van der Waals surface area contributed by atoms with Crippen LogP contribution in [-0.4, -0.2) is 5.11 Å². The van der Waals surface area contributed by atoms with Gasteiger partial charge in [0.15, 0.2) is 0 Å². The van der Waals surface area contributed by atoms with E-state index in [9.17, 15) is 9.50 Å². The first-order valence-electron chi connectivity index (χ1n) is 5.83. The van der Waals surface area contributed by atoms with E-state index in [4.69, 9.17) is 0 Å². The average Bonchev–Trinajstić information content (AvgIpc) is 2.38. The summed E-state index contributed by atoms with van der Waals surface area (Å²) in [6.45, 7) is 1.96. The molecule has 0 aliphatic rings. The van der Waals surface area contributed by atoms with E-state index < -0.39 is 0 Å². The van der Waals surface area contributed by atoms with Gasteiger partial charge >= 0.3 is 0 Å². The molecule has 0 fully saturated rings. The highest BCUT2D eigenvalue weighted by atomic mass is 79.9. The van der Waals surface area contributed by atoms with Crippen molar-refractivity contribution in [3.05, 3.63) is 57.8 Å². The monoisotopic (exact) mass is 308 g/mol. The summed E-state index contributed by atoms with van der Waals surface area (Å²) in [5.74, 6) is -0.224. The quantitative estimate of drug-likeness (QED) is 0.896. The van der Waals surface area contributed by atoms with E-state index in [-0.39, 0.29) is 12.4 Å². The molecule has 0 bridgehead atoms. The van der Waals surface area contributed by atoms with Gasteiger partial charge in [-0.2, -0.15) is 0 Å². The van der Waals surface area contributed by atoms with Gasteiger partial charge in [-0.25, -0.2) is 4.39 Å². The molecule has 94 valence electrons. The van der Waals surface area contributed by atoms with Gasteiger partial charge in [0.25, 0.3) is 0 Å². The van der Waals surface area contributed by atoms with Crippen LogP contribution in [0.2, 0.25) is 0 Å². The zero-order chi connectivity index (χ0) is 13.1. The van der Waals surface area contributed by atoms with Crippen LogP contribution >= 0.6 is 15.9 Å². The maximum absolute atomic E-state index is 13.2. The summed E-state index contributed by atoms with van der Waals surface area (Å²) in [6, 6.07) is 10.5. The van der Waals surface area contributed by atoms with Crippen molar-refractivity contribution < 1.29 is 9.50 Å². The number of halogens is 2. The highest BCUT2D eigenvalue weighted by Crippen LogP contribution is 2.30. The van der Waals surface area contributed by atoms with Crippen LogP contribution in [0.3, 0.4) is 0 Å². The minimum absolute atomic E-state index is 0.0324. The summed E-state index contributed by atoms with van der Waals surface area (Å²) in [4.78, 5) is 0. The lowest BCUT2D eigenvalue weighted by atomic mass is 9.94. The number of benzene rings is 2. The molecule has 0 saturated heterocycles. The molecule has 0 unspecified atom stereocenters. The van der Waals surface area contributed by atoms with E-state index in [0.29, 0.717) is 0 Å². The van der Waals surface area contributed by atoms with E-state index in [1.165, 1.54) is 6.07 Å². The molecule has 2 aromatic rings. The van der Waals surface area contributed by atoms with Crippen molar-refractivity contribution in [1.82, 2.24) is 0 Å². The molecule has 0 aliphatic heterocycles. The van der Waals surface area contributed by atoms with E-state index in [0.717, 1.165) is 33.1 Å². The van der Waals surface area contributed by atoms with Crippen LogP contribution in [0.4, 0.5) is 4.39 Å². The van der Waals surface area contributed by atoms with Crippen molar-refractivity contribution in [3.8, 4) is 11.1 Å². The number of aliphatic hydroxyl groups excluding tert-OH is 1. The highest BCUT2D eigenvalue weighted by Gasteiger charge is 2.09. The fourth-order valence-corrected chi connectivity index (χ4v) is 2.48. The van der Waals surface area contributed by atoms with Crippen LogP contribution < -0.4 is 0 Å². The molecular weight excluding hydrogens is 295 g/mol. The third-order valence-corrected chi connectivity index (χ3v) is 3.47. The van der Waals surface area contributed by atoms with Crippen molar-refractivity contribution in [2.75, 3.05) is 0 Å². The largest absolute Gasteiger partial charge is 0.392 e. The molecule has 1 N–H and O–H groups in total. The van der Waals surface area contributed by atoms with Crippen LogP contribution in [0.1, 0.15) is 18.1 Å². The Morgan fingerprint density at radius 1 is 1.06 bits per heavy atom. The lowest BCUT2D eigenvalue weighted by Gasteiger charge is -2.12. The molecule has 1 nitrogen and oxygen atoms in total. The van der Waals surface area contributed by atoms with Crippen LogP contribution in [0.15, 0.2) is 40.9 Å². The van der Waals surface area contributed by atoms with E-state index in [1.54, 1.807) is 12.1 Å². The molecule has 0 amide bonds. The molecule has 2 aromatic carbocycles. The minimum atomic E-state index is -0.224. The Balaban J connectivity index is 2.61. The molecule has 0 aromatic heterocycles. The van der Waals surface area contributed by atoms with Crippen LogP contribution in [0.25, 0.3) is 11.1 Å². The second-order valence-electron chi connectivity index (χ2n) is 4.11. The number of rotatable bonds is 3. The number of hydrogen-bond acceptors (Lipinski definition) is 1. The molecule has 2 rings (SSSR count). The Kier molecular flexibility index (Phi) is 4.15. The first-order valence-corrected chi connectivity index (χ1v) is 6.63. The molecule has 0 saturated carbocycles. The average molecular weight is 309 g/mol. The van der Waals surface area contributed by atoms with Gasteiger partial charge < -0.3 is 5.11 Å². The minimum Gasteiger partial charge on any atom is -0.392 e. The topological polar surface area (TPSA) is 20.2 Å². The fourth-order valence-electron chi connectivity index (χ4n) is 2.07. The van der Waals surface area contributed by atoms with Gasteiger partial charge in [0, 0.05) is 4.47 Å². The molecule has 3 heteroatoms. The number of aliphatic hydroxyl groups is 1. The molecule has 18 heavy (non-hydrogen) atoms. The summed E-state index contributed by atoms with van der Waals surface area (Å²) >= 11 is 3.39. The molecule has 0 atom stereocenters. The van der Waals surface area contributed by atoms with Gasteiger partial charge in [0.2, 0.25) is 0 Å². The predicted molar refractivity (Wildman–Crippen MR) is 74.8 cm³/mol. The maximum atomic E-state index is 13.2. The molecule has 0 radical (unpaired) electrons. The molecule has 0 spiro atoms. The van der Waals surface area contributed by atoms with Crippen LogP contribution in [-0.2, 0) is 13.0 Å². The van der Waals surface area contributed by atoms with Gasteiger partial charge in [-0.3, -0.25) is 0 Å². The first kappa shape index (κ1) is 13.2. The van der Waals surface area contributed by atoms with Gasteiger partial charge in [-0.05, 0) is 52.9 Å². The Labute approximate surface area is 114 Å². The molecule has 0 aliphatic carbocycles. The molecular formula is C15H14BrFO. The standard InChI is InChI=1S/C15H14BrFO/c1-2-10-8-13(17)4-6-14(10)15-5-3-12(16)7-11(15)9-18/h3-8,18H,2,9H2,1H3. The Morgan fingerprint density at radius 2 is 1.72 bits per heavy atom. The predicted octanol–water partition coefficient (Wildman–Crippen LogP) is 4.31. The Hall–Kier alpha value is -1.19. The van der Waals surface area contributed by atoms with E-state index >= 15 is 0 Å². The Morgan fingerprint density at radius 3 is 2.39 bits per heavy atom. The van der Waals surface area contributed by atoms with Crippen LogP contribution in [0.5, 0.6) is 0 Å². The lowest BCUT2D eigenvalue weighted by molar-refractivity contribution is 0.282. The zero-order valence-corrected chi connectivity index (χ0v) is 11.7. The summed E-state index contributed by atoms with van der Waals surface area (Å²) < 4.78 is 14.2. The van der Waals surface area contributed by atoms with Crippen molar-refractivity contribution in [1.29, 1.82) is 0 Å². The van der Waals surface area contributed by atoms with Crippen molar-refractivity contribution in [2.45, 2.75) is 20.0 Å². The first-order chi connectivity index (χ1) is 8.65. The maximum Gasteiger partial charge on any atom is 0.123 e. The highest BCUT2D eigenvalue weighted by molar-refractivity contribution is 9.10. The van der Waals surface area contributed by atoms with Crippen molar-refractivity contribution >= 4 is 15.9 Å². The van der Waals surface area contributed by atoms with Gasteiger partial charge in [0.1, 0.15) is 5.82 Å². The summed E-state index contributed by atoms with van der Waals surface area (Å²) in [5, 5.41) is 9.43. The van der Waals surface area contributed by atoms with Crippen molar-refractivity contribution in [3.63, 3.8) is 0 Å². The second kappa shape index (κ2) is 5.63. The zero-order valence-electron chi connectivity index (χ0n) is 10.1. The second-order valence-corrected chi connectivity index (χ2v) is 5.03. The van der Waals surface area contributed by atoms with Crippen LogP contribution in [0, 0.1) is 5.82 Å². The summed E-state index contributed by atoms with van der Waals surface area (Å²) in [6.07, 6.45) is 0.758. The number of aryl methyl sites for hydroxylation is 1. The van der Waals surface area contributed by atoms with Gasteiger partial charge in [0.05, 0.1) is 6.61 Å². The smallest absolute Gasteiger partial charge is 0.123 e. The fraction of sp³-hybridized carbons (Fsp3) is 0.200. The normalized spacial score (nSPS) is 10.7. The lowest BCUT2D eigenvalue weighted by Crippen LogP contribution is -1.94. The van der Waals surface area contributed by atoms with Gasteiger partial charge in [-0.1, -0.05) is 35.0 Å². The van der Waals surface area contributed by atoms with E-state index in [1.807, 2.05) is 25.1 Å². The third kappa shape index (κ3) is 2.62. The third-order valence-electron chi connectivity index (χ3n) is 2.98. The SMILES string of the molecule is CCc1cc(F)ccc1-c1ccc(Br)cc1CO.